The lowest BCUT2D eigenvalue weighted by Gasteiger charge is -2.23. The molecule has 0 unspecified atom stereocenters. The molecular formula is C14H19N3. The summed E-state index contributed by atoms with van der Waals surface area (Å²) in [4.78, 5) is 2.16. The summed E-state index contributed by atoms with van der Waals surface area (Å²) in [5, 5.41) is 0. The van der Waals surface area contributed by atoms with E-state index in [9.17, 15) is 0 Å². The molecule has 0 radical (unpaired) electrons. The Morgan fingerprint density at radius 2 is 1.65 bits per heavy atom. The van der Waals surface area contributed by atoms with Gasteiger partial charge in [0.2, 0.25) is 0 Å². The number of benzene rings is 1. The maximum Gasteiger partial charge on any atom is 0.0456 e. The van der Waals surface area contributed by atoms with Gasteiger partial charge in [-0.25, -0.2) is 0 Å². The fourth-order valence-electron chi connectivity index (χ4n) is 2.04. The van der Waals surface area contributed by atoms with Gasteiger partial charge in [0.05, 0.1) is 0 Å². The Morgan fingerprint density at radius 1 is 1.00 bits per heavy atom. The van der Waals surface area contributed by atoms with Crippen LogP contribution >= 0.6 is 0 Å². The smallest absolute Gasteiger partial charge is 0.0456 e. The van der Waals surface area contributed by atoms with E-state index in [1.807, 2.05) is 18.2 Å². The van der Waals surface area contributed by atoms with Crippen molar-refractivity contribution in [3.63, 3.8) is 0 Å². The molecule has 0 aromatic heterocycles. The number of allylic oxidation sites excluding steroid dienone is 2. The van der Waals surface area contributed by atoms with Gasteiger partial charge in [-0.2, -0.15) is 0 Å². The monoisotopic (exact) mass is 229 g/mol. The molecule has 1 aromatic carbocycles. The van der Waals surface area contributed by atoms with E-state index in [1.165, 1.54) is 0 Å². The second-order valence-corrected chi connectivity index (χ2v) is 4.64. The number of likely N-dealkylation sites (N-methyl/N-ethyl adjacent to an activating group) is 1. The van der Waals surface area contributed by atoms with Crippen molar-refractivity contribution in [2.75, 3.05) is 25.6 Å². The Balaban J connectivity index is 2.21. The SMILES string of the molecule is CN(C)C1C=CC(c2ccc(N)cc2N)C=C1. The molecule has 0 atom stereocenters. The van der Waals surface area contributed by atoms with Gasteiger partial charge >= 0.3 is 0 Å². The molecule has 0 heterocycles. The number of nitrogens with two attached hydrogens (primary N) is 2. The van der Waals surface area contributed by atoms with Crippen LogP contribution in [0.1, 0.15) is 11.5 Å². The summed E-state index contributed by atoms with van der Waals surface area (Å²) < 4.78 is 0. The van der Waals surface area contributed by atoms with Crippen LogP contribution in [0.15, 0.2) is 42.5 Å². The topological polar surface area (TPSA) is 55.3 Å². The second-order valence-electron chi connectivity index (χ2n) is 4.64. The van der Waals surface area contributed by atoms with Crippen LogP contribution in [0.5, 0.6) is 0 Å². The summed E-state index contributed by atoms with van der Waals surface area (Å²) in [5.41, 5.74) is 14.3. The average molecular weight is 229 g/mol. The third kappa shape index (κ3) is 2.50. The first kappa shape index (κ1) is 11.7. The van der Waals surface area contributed by atoms with Crippen LogP contribution in [0.3, 0.4) is 0 Å². The van der Waals surface area contributed by atoms with Gasteiger partial charge < -0.3 is 11.5 Å². The fraction of sp³-hybridized carbons (Fsp3) is 0.286. The van der Waals surface area contributed by atoms with Crippen LogP contribution in [0, 0.1) is 0 Å². The van der Waals surface area contributed by atoms with Gasteiger partial charge in [0.25, 0.3) is 0 Å². The van der Waals surface area contributed by atoms with Gasteiger partial charge in [-0.1, -0.05) is 30.4 Å². The van der Waals surface area contributed by atoms with Crippen LogP contribution in [-0.4, -0.2) is 25.0 Å². The highest BCUT2D eigenvalue weighted by molar-refractivity contribution is 5.59. The molecule has 0 amide bonds. The van der Waals surface area contributed by atoms with E-state index in [-0.39, 0.29) is 5.92 Å². The molecule has 3 nitrogen and oxygen atoms in total. The number of nitrogen functional groups attached to an aromatic ring is 2. The third-order valence-corrected chi connectivity index (χ3v) is 3.10. The van der Waals surface area contributed by atoms with E-state index in [2.05, 4.69) is 43.3 Å². The molecule has 90 valence electrons. The summed E-state index contributed by atoms with van der Waals surface area (Å²) in [5.74, 6) is 0.256. The minimum absolute atomic E-state index is 0.256. The van der Waals surface area contributed by atoms with Crippen molar-refractivity contribution in [3.8, 4) is 0 Å². The van der Waals surface area contributed by atoms with E-state index in [0.717, 1.165) is 11.3 Å². The van der Waals surface area contributed by atoms with Gasteiger partial charge in [-0.15, -0.1) is 0 Å². The average Bonchev–Trinajstić information content (AvgIpc) is 2.29. The zero-order valence-corrected chi connectivity index (χ0v) is 10.3. The normalized spacial score (nSPS) is 23.2. The highest BCUT2D eigenvalue weighted by Crippen LogP contribution is 2.29. The van der Waals surface area contributed by atoms with Gasteiger partial charge in [0.15, 0.2) is 0 Å². The molecule has 0 aliphatic heterocycles. The van der Waals surface area contributed by atoms with Crippen LogP contribution < -0.4 is 11.5 Å². The van der Waals surface area contributed by atoms with Crippen LogP contribution in [-0.2, 0) is 0 Å². The van der Waals surface area contributed by atoms with Crippen LogP contribution in [0.2, 0.25) is 0 Å². The molecule has 2 rings (SSSR count). The first-order chi connectivity index (χ1) is 8.08. The molecule has 0 fully saturated rings. The van der Waals surface area contributed by atoms with E-state index >= 15 is 0 Å². The van der Waals surface area contributed by atoms with Gasteiger partial charge in [0, 0.05) is 23.3 Å². The predicted molar refractivity (Wildman–Crippen MR) is 73.8 cm³/mol. The van der Waals surface area contributed by atoms with Crippen molar-refractivity contribution in [1.29, 1.82) is 0 Å². The lowest BCUT2D eigenvalue weighted by molar-refractivity contribution is 0.388. The number of nitrogens with zero attached hydrogens (tertiary/aromatic N) is 1. The van der Waals surface area contributed by atoms with Crippen LogP contribution in [0.25, 0.3) is 0 Å². The summed E-state index contributed by atoms with van der Waals surface area (Å²) in [6, 6.07) is 6.08. The quantitative estimate of drug-likeness (QED) is 0.602. The second kappa shape index (κ2) is 4.63. The Kier molecular flexibility index (Phi) is 3.20. The standard InChI is InChI=1S/C14H19N3/c1-17(2)12-6-3-10(4-7-12)13-8-5-11(15)9-14(13)16/h3-10,12H,15-16H2,1-2H3. The maximum absolute atomic E-state index is 5.99. The summed E-state index contributed by atoms with van der Waals surface area (Å²) in [6.07, 6.45) is 8.76. The third-order valence-electron chi connectivity index (χ3n) is 3.10. The molecule has 1 aliphatic carbocycles. The minimum atomic E-state index is 0.256. The number of hydrogen-bond donors (Lipinski definition) is 2. The molecule has 3 heteroatoms. The Hall–Kier alpha value is -1.74. The van der Waals surface area contributed by atoms with Gasteiger partial charge in [-0.05, 0) is 31.8 Å². The van der Waals surface area contributed by atoms with Crippen LogP contribution in [0.4, 0.5) is 11.4 Å². The maximum atomic E-state index is 5.99. The van der Waals surface area contributed by atoms with Crippen molar-refractivity contribution < 1.29 is 0 Å². The number of hydrogen-bond acceptors (Lipinski definition) is 3. The summed E-state index contributed by atoms with van der Waals surface area (Å²) in [7, 11) is 4.13. The van der Waals surface area contributed by atoms with E-state index in [0.29, 0.717) is 11.7 Å². The molecule has 0 saturated carbocycles. The van der Waals surface area contributed by atoms with E-state index < -0.39 is 0 Å². The van der Waals surface area contributed by atoms with Crippen molar-refractivity contribution in [3.05, 3.63) is 48.1 Å². The van der Waals surface area contributed by atoms with E-state index in [4.69, 9.17) is 11.5 Å². The summed E-state index contributed by atoms with van der Waals surface area (Å²) in [6.45, 7) is 0. The zero-order chi connectivity index (χ0) is 12.4. The molecule has 17 heavy (non-hydrogen) atoms. The lowest BCUT2D eigenvalue weighted by Crippen LogP contribution is -2.25. The highest BCUT2D eigenvalue weighted by atomic mass is 15.1. The van der Waals surface area contributed by atoms with Crippen molar-refractivity contribution in [1.82, 2.24) is 4.90 Å². The molecule has 0 spiro atoms. The van der Waals surface area contributed by atoms with Crippen molar-refractivity contribution in [2.45, 2.75) is 12.0 Å². The Labute approximate surface area is 102 Å². The molecule has 0 saturated heterocycles. The minimum Gasteiger partial charge on any atom is -0.399 e. The number of rotatable bonds is 2. The molecule has 0 bridgehead atoms. The zero-order valence-electron chi connectivity index (χ0n) is 10.3. The lowest BCUT2D eigenvalue weighted by atomic mass is 9.91. The first-order valence-electron chi connectivity index (χ1n) is 5.76. The van der Waals surface area contributed by atoms with Crippen molar-refractivity contribution in [2.24, 2.45) is 0 Å². The van der Waals surface area contributed by atoms with Gasteiger partial charge in [0.1, 0.15) is 0 Å². The van der Waals surface area contributed by atoms with E-state index in [1.54, 1.807) is 0 Å². The largest absolute Gasteiger partial charge is 0.399 e. The predicted octanol–water partition coefficient (Wildman–Crippen LogP) is 1.99. The van der Waals surface area contributed by atoms with Gasteiger partial charge in [-0.3, -0.25) is 4.90 Å². The van der Waals surface area contributed by atoms with Crippen molar-refractivity contribution >= 4 is 11.4 Å². The molecule has 1 aromatic rings. The highest BCUT2D eigenvalue weighted by Gasteiger charge is 2.14. The first-order valence-corrected chi connectivity index (χ1v) is 5.76. The number of anilines is 2. The Bertz CT molecular complexity index is 447. The summed E-state index contributed by atoms with van der Waals surface area (Å²) >= 11 is 0. The molecular weight excluding hydrogens is 210 g/mol. The molecule has 1 aliphatic rings. The Morgan fingerprint density at radius 3 is 2.18 bits per heavy atom. The molecule has 4 N–H and O–H groups in total. The fourth-order valence-corrected chi connectivity index (χ4v) is 2.04.